The van der Waals surface area contributed by atoms with E-state index in [1.54, 1.807) is 0 Å². The van der Waals surface area contributed by atoms with Crippen LogP contribution in [0.15, 0.2) is 42.5 Å². The monoisotopic (exact) mass is 578 g/mol. The van der Waals surface area contributed by atoms with Gasteiger partial charge in [0.2, 0.25) is 19.5 Å². The molecule has 0 atom stereocenters. The Bertz CT molecular complexity index is 1060. The maximum atomic E-state index is 9.98. The van der Waals surface area contributed by atoms with Crippen molar-refractivity contribution in [3.05, 3.63) is 70.3 Å². The maximum Gasteiger partial charge on any atom is 0.236 e. The van der Waals surface area contributed by atoms with E-state index < -0.39 is 16.8 Å². The number of aryl methyl sites for hydroxylation is 1. The van der Waals surface area contributed by atoms with Gasteiger partial charge in [-0.25, -0.2) is 0 Å². The van der Waals surface area contributed by atoms with Gasteiger partial charge in [-0.3, -0.25) is 0 Å². The predicted octanol–water partition coefficient (Wildman–Crippen LogP) is 9.52. The molecule has 2 aromatic carbocycles. The van der Waals surface area contributed by atoms with Crippen molar-refractivity contribution in [1.82, 2.24) is 0 Å². The molecule has 40 heavy (non-hydrogen) atoms. The fraction of sp³-hybridized carbons (Fsp3) is 0.600. The quantitative estimate of drug-likeness (QED) is 0.146. The van der Waals surface area contributed by atoms with E-state index in [0.717, 1.165) is 42.4 Å². The van der Waals surface area contributed by atoms with Crippen molar-refractivity contribution in [3.8, 4) is 0 Å². The van der Waals surface area contributed by atoms with Crippen molar-refractivity contribution in [1.29, 1.82) is 0 Å². The summed E-state index contributed by atoms with van der Waals surface area (Å²) in [6, 6.07) is 15.6. The van der Waals surface area contributed by atoms with Gasteiger partial charge in [0.15, 0.2) is 0 Å². The van der Waals surface area contributed by atoms with Crippen LogP contribution in [-0.2, 0) is 26.5 Å². The van der Waals surface area contributed by atoms with Crippen molar-refractivity contribution in [2.24, 2.45) is 0 Å². The normalized spacial score (nSPS) is 13.8. The molecule has 0 saturated carbocycles. The highest BCUT2D eigenvalue weighted by Gasteiger charge is 2.30. The Morgan fingerprint density at radius 1 is 0.650 bits per heavy atom. The summed E-state index contributed by atoms with van der Waals surface area (Å²) in [4.78, 5) is 0. The van der Waals surface area contributed by atoms with Gasteiger partial charge < -0.3 is 14.0 Å². The number of rotatable bonds is 13. The SMILES string of the molecule is CC(C)(O)CCCCc1cccc(C=Cc2cc(C(C)(C)O[Si]C(C)(C)C)cc(C(C)(C)O[Si]C(C)(C)C)c2)c1. The van der Waals surface area contributed by atoms with Crippen LogP contribution < -0.4 is 0 Å². The fourth-order valence-corrected chi connectivity index (χ4v) is 5.41. The van der Waals surface area contributed by atoms with Crippen molar-refractivity contribution < 1.29 is 14.0 Å². The number of aliphatic hydroxyl groups is 1. The van der Waals surface area contributed by atoms with Gasteiger partial charge >= 0.3 is 0 Å². The molecular formula is C35H54O3Si2. The van der Waals surface area contributed by atoms with Crippen LogP contribution in [-0.4, -0.2) is 30.2 Å². The van der Waals surface area contributed by atoms with Gasteiger partial charge in [-0.2, -0.15) is 0 Å². The smallest absolute Gasteiger partial charge is 0.236 e. The third kappa shape index (κ3) is 13.0. The van der Waals surface area contributed by atoms with Gasteiger partial charge in [0.05, 0.1) is 16.8 Å². The predicted molar refractivity (Wildman–Crippen MR) is 175 cm³/mol. The summed E-state index contributed by atoms with van der Waals surface area (Å²) in [6.07, 6.45) is 8.39. The van der Waals surface area contributed by atoms with Crippen LogP contribution in [0.25, 0.3) is 12.2 Å². The topological polar surface area (TPSA) is 38.7 Å². The average Bonchev–Trinajstić information content (AvgIpc) is 2.82. The van der Waals surface area contributed by atoms with Crippen LogP contribution in [0, 0.1) is 0 Å². The van der Waals surface area contributed by atoms with Crippen molar-refractivity contribution in [3.63, 3.8) is 0 Å². The Kier molecular flexibility index (Phi) is 11.8. The minimum absolute atomic E-state index is 0.118. The van der Waals surface area contributed by atoms with Crippen LogP contribution in [0.5, 0.6) is 0 Å². The highest BCUT2D eigenvalue weighted by atomic mass is 28.2. The molecule has 0 unspecified atom stereocenters. The van der Waals surface area contributed by atoms with Crippen LogP contribution in [0.1, 0.15) is 130 Å². The van der Waals surface area contributed by atoms with Gasteiger partial charge in [0.1, 0.15) is 0 Å². The zero-order chi connectivity index (χ0) is 30.4. The largest absolute Gasteiger partial charge is 0.408 e. The van der Waals surface area contributed by atoms with Crippen LogP contribution in [0.4, 0.5) is 0 Å². The lowest BCUT2D eigenvalue weighted by atomic mass is 9.88. The first kappa shape index (κ1) is 34.7. The first-order chi connectivity index (χ1) is 18.2. The molecule has 0 heterocycles. The lowest BCUT2D eigenvalue weighted by Gasteiger charge is -2.33. The molecule has 0 aromatic heterocycles. The average molecular weight is 579 g/mol. The molecule has 1 N–H and O–H groups in total. The molecular weight excluding hydrogens is 525 g/mol. The van der Waals surface area contributed by atoms with E-state index >= 15 is 0 Å². The highest BCUT2D eigenvalue weighted by Crippen LogP contribution is 2.35. The Hall–Kier alpha value is -1.51. The van der Waals surface area contributed by atoms with Crippen molar-refractivity contribution in [2.45, 2.75) is 136 Å². The Labute approximate surface area is 251 Å². The summed E-state index contributed by atoms with van der Waals surface area (Å²) >= 11 is 0. The Morgan fingerprint density at radius 3 is 1.62 bits per heavy atom. The number of hydrogen-bond donors (Lipinski definition) is 1. The van der Waals surface area contributed by atoms with Crippen LogP contribution in [0.2, 0.25) is 10.1 Å². The lowest BCUT2D eigenvalue weighted by Crippen LogP contribution is -2.30. The van der Waals surface area contributed by atoms with Gasteiger partial charge in [-0.1, -0.05) is 90.4 Å². The second-order valence-corrected chi connectivity index (χ2v) is 18.7. The fourth-order valence-electron chi connectivity index (χ4n) is 4.05. The zero-order valence-electron chi connectivity index (χ0n) is 27.3. The van der Waals surface area contributed by atoms with E-state index in [9.17, 15) is 5.11 Å². The van der Waals surface area contributed by atoms with Crippen molar-refractivity contribution in [2.75, 3.05) is 0 Å². The summed E-state index contributed by atoms with van der Waals surface area (Å²) in [5, 5.41) is 10.2. The maximum absolute atomic E-state index is 9.98. The molecule has 5 heteroatoms. The second-order valence-electron chi connectivity index (χ2n) is 14.9. The van der Waals surface area contributed by atoms with E-state index in [1.165, 1.54) is 11.1 Å². The molecule has 0 spiro atoms. The first-order valence-electron chi connectivity index (χ1n) is 14.7. The number of hydrogen-bond acceptors (Lipinski definition) is 3. The standard InChI is InChI=1S/C35H54O3Si2/c1-31(2,3)39-37-34(9,10)29-23-28(24-30(25-29)35(11,12)38-40-32(4,5)6)20-19-27-18-15-17-26(22-27)16-13-14-21-33(7,8)36/h15,17-20,22-25,36H,13-14,16,21H2,1-12H3. The molecule has 0 saturated heterocycles. The van der Waals surface area contributed by atoms with Gasteiger partial charge in [-0.15, -0.1) is 0 Å². The molecule has 220 valence electrons. The van der Waals surface area contributed by atoms with Crippen LogP contribution in [0.3, 0.4) is 0 Å². The van der Waals surface area contributed by atoms with E-state index in [1.807, 2.05) is 13.8 Å². The molecule has 0 aliphatic heterocycles. The summed E-state index contributed by atoms with van der Waals surface area (Å²) in [6.45, 7) is 25.8. The first-order valence-corrected chi connectivity index (χ1v) is 16.5. The third-order valence-electron chi connectivity index (χ3n) is 6.49. The van der Waals surface area contributed by atoms with E-state index in [0.29, 0.717) is 19.5 Å². The van der Waals surface area contributed by atoms with Crippen molar-refractivity contribution >= 4 is 31.7 Å². The summed E-state index contributed by atoms with van der Waals surface area (Å²) in [5.41, 5.74) is 4.58. The zero-order valence-corrected chi connectivity index (χ0v) is 29.3. The van der Waals surface area contributed by atoms with Gasteiger partial charge in [0.25, 0.3) is 0 Å². The second kappa shape index (κ2) is 13.6. The molecule has 2 rings (SSSR count). The minimum atomic E-state index is -0.586. The van der Waals surface area contributed by atoms with Crippen LogP contribution >= 0.6 is 0 Å². The summed E-state index contributed by atoms with van der Waals surface area (Å²) in [7, 11) is 0.805. The molecule has 0 fully saturated rings. The Morgan fingerprint density at radius 2 is 1.15 bits per heavy atom. The molecule has 3 nitrogen and oxygen atoms in total. The summed E-state index contributed by atoms with van der Waals surface area (Å²) in [5.74, 6) is 0. The molecule has 0 aliphatic rings. The summed E-state index contributed by atoms with van der Waals surface area (Å²) < 4.78 is 13.0. The molecule has 0 aliphatic carbocycles. The van der Waals surface area contributed by atoms with E-state index in [2.05, 4.69) is 124 Å². The number of benzene rings is 2. The number of unbranched alkanes of at least 4 members (excludes halogenated alkanes) is 1. The van der Waals surface area contributed by atoms with Gasteiger partial charge in [-0.05, 0) is 111 Å². The minimum Gasteiger partial charge on any atom is -0.408 e. The molecule has 2 aromatic rings. The van der Waals surface area contributed by atoms with E-state index in [-0.39, 0.29) is 10.1 Å². The molecule has 4 radical (unpaired) electrons. The van der Waals surface area contributed by atoms with E-state index in [4.69, 9.17) is 8.85 Å². The highest BCUT2D eigenvalue weighted by molar-refractivity contribution is 6.32. The Balaban J connectivity index is 2.35. The molecule has 0 bridgehead atoms. The third-order valence-corrected chi connectivity index (χ3v) is 8.94. The molecule has 0 amide bonds. The van der Waals surface area contributed by atoms with Gasteiger partial charge in [0, 0.05) is 0 Å². The lowest BCUT2D eigenvalue weighted by molar-refractivity contribution is 0.0682.